The molecule has 0 fully saturated rings. The van der Waals surface area contributed by atoms with Gasteiger partial charge in [0.2, 0.25) is 0 Å². The predicted octanol–water partition coefficient (Wildman–Crippen LogP) is 2.99. The van der Waals surface area contributed by atoms with E-state index in [0.29, 0.717) is 0 Å². The van der Waals surface area contributed by atoms with Crippen LogP contribution in [0.15, 0.2) is 18.2 Å². The Bertz CT molecular complexity index is 512. The summed E-state index contributed by atoms with van der Waals surface area (Å²) >= 11 is 1.78. The van der Waals surface area contributed by atoms with Crippen LogP contribution in [0.2, 0.25) is 0 Å². The second-order valence-electron chi connectivity index (χ2n) is 2.87. The molecule has 0 aromatic heterocycles. The van der Waals surface area contributed by atoms with Crippen molar-refractivity contribution >= 4 is 32.7 Å². The summed E-state index contributed by atoms with van der Waals surface area (Å²) in [4.78, 5) is 0. The molecule has 0 spiro atoms. The van der Waals surface area contributed by atoms with Crippen molar-refractivity contribution in [3.8, 4) is 5.75 Å². The highest BCUT2D eigenvalue weighted by atomic mass is 127. The largest absolute Gasteiger partial charge is 0.534 e. The van der Waals surface area contributed by atoms with Crippen molar-refractivity contribution in [2.75, 3.05) is 0 Å². The van der Waals surface area contributed by atoms with Crippen molar-refractivity contribution in [2.45, 2.75) is 9.94 Å². The molecule has 0 heterocycles. The fourth-order valence-corrected chi connectivity index (χ4v) is 1.92. The second kappa shape index (κ2) is 4.96. The topological polar surface area (TPSA) is 43.4 Å². The smallest absolute Gasteiger partial charge is 0.376 e. The third-order valence-electron chi connectivity index (χ3n) is 1.65. The molecule has 17 heavy (non-hydrogen) atoms. The lowest BCUT2D eigenvalue weighted by Crippen LogP contribution is -2.28. The molecule has 96 valence electrons. The predicted molar refractivity (Wildman–Crippen MR) is 59.7 cm³/mol. The third-order valence-corrected chi connectivity index (χ3v) is 3.45. The second-order valence-corrected chi connectivity index (χ2v) is 5.17. The maximum atomic E-state index is 13.0. The van der Waals surface area contributed by atoms with E-state index in [9.17, 15) is 26.0 Å². The zero-order chi connectivity index (χ0) is 13.3. The highest BCUT2D eigenvalue weighted by molar-refractivity contribution is 14.1. The normalized spacial score (nSPS) is 12.5. The number of rotatable bonds is 3. The summed E-state index contributed by atoms with van der Waals surface area (Å²) in [6.45, 7) is 0. The molecule has 1 rings (SSSR count). The molecule has 0 saturated heterocycles. The monoisotopic (exact) mass is 384 g/mol. The fourth-order valence-electron chi connectivity index (χ4n) is 0.879. The molecule has 0 unspecified atom stereocenters. The van der Waals surface area contributed by atoms with Gasteiger partial charge in [0.15, 0.2) is 0 Å². The highest BCUT2D eigenvalue weighted by Crippen LogP contribution is 2.28. The molecule has 0 atom stereocenters. The molecule has 0 saturated carbocycles. The van der Waals surface area contributed by atoms with E-state index < -0.39 is 27.2 Å². The Labute approximate surface area is 108 Å². The van der Waals surface area contributed by atoms with E-state index in [1.54, 1.807) is 22.6 Å². The minimum absolute atomic E-state index is 0.0560. The lowest BCUT2D eigenvalue weighted by molar-refractivity contribution is -0.0500. The van der Waals surface area contributed by atoms with Gasteiger partial charge >= 0.3 is 15.6 Å². The third kappa shape index (κ3) is 3.44. The summed E-state index contributed by atoms with van der Waals surface area (Å²) in [5.41, 5.74) is -5.45. The molecule has 0 aliphatic heterocycles. The van der Waals surface area contributed by atoms with E-state index in [-0.39, 0.29) is 9.99 Å². The maximum absolute atomic E-state index is 13.0. The van der Waals surface area contributed by atoms with Crippen LogP contribution >= 0.6 is 22.6 Å². The van der Waals surface area contributed by atoms with E-state index >= 15 is 0 Å². The van der Waals surface area contributed by atoms with Crippen LogP contribution in [0.5, 0.6) is 5.75 Å². The van der Waals surface area contributed by atoms with Crippen molar-refractivity contribution in [3.05, 3.63) is 29.6 Å². The van der Waals surface area contributed by atoms with Gasteiger partial charge in [-0.3, -0.25) is 0 Å². The van der Waals surface area contributed by atoms with Crippen molar-refractivity contribution < 1.29 is 30.2 Å². The minimum Gasteiger partial charge on any atom is -0.376 e. The van der Waals surface area contributed by atoms with Gasteiger partial charge in [0, 0.05) is 9.99 Å². The van der Waals surface area contributed by atoms with Gasteiger partial charge in [-0.05, 0) is 18.2 Å². The van der Waals surface area contributed by atoms with Crippen molar-refractivity contribution in [1.82, 2.24) is 0 Å². The standard InChI is InChI=1S/C8H5F4IO3S/c9-7-2-1-6(3-5(7)4-13)16-17(14,15)8(10,11)12/h1-3H,4H2. The Morgan fingerprint density at radius 3 is 2.35 bits per heavy atom. The van der Waals surface area contributed by atoms with Gasteiger partial charge in [-0.15, -0.1) is 0 Å². The van der Waals surface area contributed by atoms with Gasteiger partial charge in [-0.2, -0.15) is 21.6 Å². The number of benzene rings is 1. The van der Waals surface area contributed by atoms with Gasteiger partial charge < -0.3 is 4.18 Å². The lowest BCUT2D eigenvalue weighted by atomic mass is 10.2. The number of hydrogen-bond donors (Lipinski definition) is 0. The molecule has 3 nitrogen and oxygen atoms in total. The van der Waals surface area contributed by atoms with Crippen LogP contribution < -0.4 is 4.18 Å². The molecule has 1 aromatic carbocycles. The van der Waals surface area contributed by atoms with Gasteiger partial charge in [0.25, 0.3) is 0 Å². The van der Waals surface area contributed by atoms with Crippen LogP contribution in [-0.2, 0) is 14.5 Å². The van der Waals surface area contributed by atoms with Crippen LogP contribution in [0, 0.1) is 5.82 Å². The minimum atomic E-state index is -5.71. The molecule has 0 bridgehead atoms. The van der Waals surface area contributed by atoms with Crippen molar-refractivity contribution in [1.29, 1.82) is 0 Å². The van der Waals surface area contributed by atoms with Gasteiger partial charge in [-0.1, -0.05) is 22.6 Å². The zero-order valence-electron chi connectivity index (χ0n) is 7.96. The van der Waals surface area contributed by atoms with Gasteiger partial charge in [0.05, 0.1) is 0 Å². The van der Waals surface area contributed by atoms with E-state index in [2.05, 4.69) is 4.18 Å². The first-order chi connectivity index (χ1) is 7.67. The Morgan fingerprint density at radius 2 is 1.88 bits per heavy atom. The molecule has 9 heteroatoms. The molecule has 0 radical (unpaired) electrons. The Hall–Kier alpha value is -0.580. The number of alkyl halides is 4. The van der Waals surface area contributed by atoms with Crippen molar-refractivity contribution in [2.24, 2.45) is 0 Å². The van der Waals surface area contributed by atoms with Crippen LogP contribution in [0.4, 0.5) is 17.6 Å². The summed E-state index contributed by atoms with van der Waals surface area (Å²) in [5.74, 6) is -1.22. The molecule has 0 aliphatic carbocycles. The summed E-state index contributed by atoms with van der Waals surface area (Å²) in [7, 11) is -5.71. The molecular formula is C8H5F4IO3S. The van der Waals surface area contributed by atoms with Crippen LogP contribution in [0.3, 0.4) is 0 Å². The summed E-state index contributed by atoms with van der Waals surface area (Å²) in [5, 5.41) is 0. The summed E-state index contributed by atoms with van der Waals surface area (Å²) in [6.07, 6.45) is 0. The Morgan fingerprint density at radius 1 is 1.29 bits per heavy atom. The lowest BCUT2D eigenvalue weighted by Gasteiger charge is -2.10. The maximum Gasteiger partial charge on any atom is 0.534 e. The van der Waals surface area contributed by atoms with E-state index in [1.807, 2.05) is 0 Å². The molecule has 0 N–H and O–H groups in total. The number of halogens is 5. The average Bonchev–Trinajstić information content (AvgIpc) is 2.19. The summed E-state index contributed by atoms with van der Waals surface area (Å²) < 4.78 is 74.3. The van der Waals surface area contributed by atoms with E-state index in [4.69, 9.17) is 0 Å². The van der Waals surface area contributed by atoms with Crippen LogP contribution in [-0.4, -0.2) is 13.9 Å². The van der Waals surface area contributed by atoms with E-state index in [0.717, 1.165) is 18.2 Å². The number of hydrogen-bond acceptors (Lipinski definition) is 3. The first-order valence-electron chi connectivity index (χ1n) is 4.02. The van der Waals surface area contributed by atoms with Crippen LogP contribution in [0.1, 0.15) is 5.56 Å². The molecule has 0 aliphatic rings. The first kappa shape index (κ1) is 14.5. The average molecular weight is 384 g/mol. The van der Waals surface area contributed by atoms with E-state index in [1.165, 1.54) is 0 Å². The molecule has 1 aromatic rings. The Kier molecular flexibility index (Phi) is 4.23. The van der Waals surface area contributed by atoms with Crippen molar-refractivity contribution in [3.63, 3.8) is 0 Å². The SMILES string of the molecule is O=S(=O)(Oc1ccc(F)c(CI)c1)C(F)(F)F. The molecule has 0 amide bonds. The van der Waals surface area contributed by atoms with Gasteiger partial charge in [0.1, 0.15) is 11.6 Å². The summed E-state index contributed by atoms with van der Waals surface area (Å²) in [6, 6.07) is 2.56. The quantitative estimate of drug-likeness (QED) is 0.265. The van der Waals surface area contributed by atoms with Crippen LogP contribution in [0.25, 0.3) is 0 Å². The highest BCUT2D eigenvalue weighted by Gasteiger charge is 2.48. The first-order valence-corrected chi connectivity index (χ1v) is 6.96. The fraction of sp³-hybridized carbons (Fsp3) is 0.250. The van der Waals surface area contributed by atoms with Gasteiger partial charge in [-0.25, -0.2) is 4.39 Å². The Balaban J connectivity index is 3.05. The zero-order valence-corrected chi connectivity index (χ0v) is 10.9. The molecular weight excluding hydrogens is 379 g/mol.